The monoisotopic (exact) mass is 376 g/mol. The van der Waals surface area contributed by atoms with Gasteiger partial charge in [-0.25, -0.2) is 13.1 Å². The van der Waals surface area contributed by atoms with Crippen molar-refractivity contribution in [1.29, 1.82) is 0 Å². The van der Waals surface area contributed by atoms with E-state index < -0.39 is 15.9 Å². The van der Waals surface area contributed by atoms with Gasteiger partial charge in [0.2, 0.25) is 10.0 Å². The van der Waals surface area contributed by atoms with Crippen LogP contribution in [0.2, 0.25) is 0 Å². The predicted octanol–water partition coefficient (Wildman–Crippen LogP) is 1.88. The van der Waals surface area contributed by atoms with Crippen molar-refractivity contribution in [2.24, 2.45) is 0 Å². The molecule has 0 unspecified atom stereocenters. The third kappa shape index (κ3) is 4.21. The number of carbonyl (C=O) groups is 1. The summed E-state index contributed by atoms with van der Waals surface area (Å²) in [7, 11) is -2.39. The molecule has 1 amide bonds. The molecule has 1 aliphatic carbocycles. The molecule has 2 aromatic rings. The van der Waals surface area contributed by atoms with Gasteiger partial charge in [0.05, 0.1) is 13.7 Å². The van der Waals surface area contributed by atoms with Crippen molar-refractivity contribution in [3.05, 3.63) is 53.6 Å². The Morgan fingerprint density at radius 3 is 2.65 bits per heavy atom. The smallest absolute Gasteiger partial charge is 0.255 e. The van der Waals surface area contributed by atoms with E-state index in [1.54, 1.807) is 24.3 Å². The number of carbonyl (C=O) groups excluding carboxylic acids is 1. The average molecular weight is 376 g/mol. The second kappa shape index (κ2) is 7.45. The first-order valence-electron chi connectivity index (χ1n) is 8.14. The Morgan fingerprint density at radius 2 is 2.00 bits per heavy atom. The van der Waals surface area contributed by atoms with Gasteiger partial charge in [0.25, 0.3) is 5.91 Å². The highest BCUT2D eigenvalue weighted by atomic mass is 32.2. The maximum absolute atomic E-state index is 12.5. The van der Waals surface area contributed by atoms with Crippen LogP contribution in [0, 0.1) is 0 Å². The topological polar surface area (TPSA) is 105 Å². The zero-order valence-electron chi connectivity index (χ0n) is 14.2. The van der Waals surface area contributed by atoms with Crippen molar-refractivity contribution < 1.29 is 23.1 Å². The minimum absolute atomic E-state index is 0.0524. The number of aliphatic hydroxyl groups excluding tert-OH is 1. The van der Waals surface area contributed by atoms with Crippen LogP contribution in [0.5, 0.6) is 5.75 Å². The quantitative estimate of drug-likeness (QED) is 0.684. The highest BCUT2D eigenvalue weighted by Gasteiger charge is 2.30. The lowest BCUT2D eigenvalue weighted by atomic mass is 10.1. The van der Waals surface area contributed by atoms with Crippen molar-refractivity contribution in [2.45, 2.75) is 30.4 Å². The molecule has 0 spiro atoms. The number of rotatable bonds is 7. The molecule has 138 valence electrons. The first-order valence-corrected chi connectivity index (χ1v) is 9.63. The molecule has 0 aromatic heterocycles. The largest absolute Gasteiger partial charge is 0.495 e. The Hall–Kier alpha value is -2.42. The van der Waals surface area contributed by atoms with Crippen molar-refractivity contribution in [1.82, 2.24) is 4.72 Å². The third-order valence-corrected chi connectivity index (χ3v) is 5.52. The molecule has 1 saturated carbocycles. The molecule has 0 aliphatic heterocycles. The van der Waals surface area contributed by atoms with E-state index in [0.29, 0.717) is 11.3 Å². The summed E-state index contributed by atoms with van der Waals surface area (Å²) < 4.78 is 32.8. The number of methoxy groups -OCH3 is 1. The van der Waals surface area contributed by atoms with Crippen LogP contribution in [0.4, 0.5) is 5.69 Å². The van der Waals surface area contributed by atoms with Gasteiger partial charge < -0.3 is 15.2 Å². The average Bonchev–Trinajstić information content (AvgIpc) is 3.44. The maximum atomic E-state index is 12.5. The molecule has 3 N–H and O–H groups in total. The second-order valence-electron chi connectivity index (χ2n) is 6.07. The standard InChI is InChI=1S/C18H20N2O5S/c1-25-16-8-5-13(10-17(16)26(23,24)20-14-6-7-14)18(22)19-15-4-2-3-12(9-15)11-21/h2-5,8-10,14,20-21H,6-7,11H2,1H3,(H,19,22). The lowest BCUT2D eigenvalue weighted by Crippen LogP contribution is -2.26. The first kappa shape index (κ1) is 18.4. The van der Waals surface area contributed by atoms with E-state index in [1.807, 2.05) is 0 Å². The van der Waals surface area contributed by atoms with Gasteiger partial charge in [0.15, 0.2) is 0 Å². The number of hydrogen-bond acceptors (Lipinski definition) is 5. The predicted molar refractivity (Wildman–Crippen MR) is 96.7 cm³/mol. The summed E-state index contributed by atoms with van der Waals surface area (Å²) in [5, 5.41) is 11.9. The van der Waals surface area contributed by atoms with Crippen LogP contribution in [0.1, 0.15) is 28.8 Å². The highest BCUT2D eigenvalue weighted by molar-refractivity contribution is 7.89. The fraction of sp³-hybridized carbons (Fsp3) is 0.278. The van der Waals surface area contributed by atoms with Crippen LogP contribution in [-0.2, 0) is 16.6 Å². The summed E-state index contributed by atoms with van der Waals surface area (Å²) in [4.78, 5) is 12.4. The molecular weight excluding hydrogens is 356 g/mol. The lowest BCUT2D eigenvalue weighted by molar-refractivity contribution is 0.102. The summed E-state index contributed by atoms with van der Waals surface area (Å²) in [6.45, 7) is -0.137. The Kier molecular flexibility index (Phi) is 5.26. The van der Waals surface area contributed by atoms with Gasteiger partial charge in [-0.1, -0.05) is 12.1 Å². The number of nitrogens with one attached hydrogen (secondary N) is 2. The zero-order valence-corrected chi connectivity index (χ0v) is 15.0. The van der Waals surface area contributed by atoms with E-state index in [4.69, 9.17) is 4.74 Å². The summed E-state index contributed by atoms with van der Waals surface area (Å²) in [5.74, 6) is -0.275. The minimum Gasteiger partial charge on any atom is -0.495 e. The Balaban J connectivity index is 1.87. The Labute approximate surface area is 152 Å². The van der Waals surface area contributed by atoms with Crippen molar-refractivity contribution in [3.63, 3.8) is 0 Å². The van der Waals surface area contributed by atoms with E-state index in [9.17, 15) is 18.3 Å². The zero-order chi connectivity index (χ0) is 18.7. The molecule has 26 heavy (non-hydrogen) atoms. The van der Waals surface area contributed by atoms with Crippen LogP contribution < -0.4 is 14.8 Å². The molecule has 1 aliphatic rings. The van der Waals surface area contributed by atoms with Crippen molar-refractivity contribution in [3.8, 4) is 5.75 Å². The van der Waals surface area contributed by atoms with Crippen LogP contribution in [0.15, 0.2) is 47.4 Å². The van der Waals surface area contributed by atoms with E-state index in [1.165, 1.54) is 25.3 Å². The molecule has 2 aromatic carbocycles. The molecule has 3 rings (SSSR count). The number of hydrogen-bond donors (Lipinski definition) is 3. The van der Waals surface area contributed by atoms with Gasteiger partial charge in [-0.2, -0.15) is 0 Å². The van der Waals surface area contributed by atoms with Gasteiger partial charge in [-0.15, -0.1) is 0 Å². The van der Waals surface area contributed by atoms with Crippen LogP contribution in [0.3, 0.4) is 0 Å². The van der Waals surface area contributed by atoms with E-state index in [2.05, 4.69) is 10.0 Å². The van der Waals surface area contributed by atoms with Gasteiger partial charge in [-0.05, 0) is 48.7 Å². The van der Waals surface area contributed by atoms with Gasteiger partial charge in [-0.3, -0.25) is 4.79 Å². The fourth-order valence-electron chi connectivity index (χ4n) is 2.46. The maximum Gasteiger partial charge on any atom is 0.255 e. The number of benzene rings is 2. The number of amides is 1. The summed E-state index contributed by atoms with van der Waals surface area (Å²) in [5.41, 5.74) is 1.36. The summed E-state index contributed by atoms with van der Waals surface area (Å²) in [6.07, 6.45) is 1.62. The van der Waals surface area contributed by atoms with Crippen molar-refractivity contribution >= 4 is 21.6 Å². The Morgan fingerprint density at radius 1 is 1.23 bits per heavy atom. The number of sulfonamides is 1. The third-order valence-electron chi connectivity index (χ3n) is 3.98. The van der Waals surface area contributed by atoms with E-state index >= 15 is 0 Å². The van der Waals surface area contributed by atoms with E-state index in [-0.39, 0.29) is 28.9 Å². The first-order chi connectivity index (χ1) is 12.4. The van der Waals surface area contributed by atoms with Crippen LogP contribution >= 0.6 is 0 Å². The number of aliphatic hydroxyl groups is 1. The summed E-state index contributed by atoms with van der Waals surface area (Å²) >= 11 is 0. The lowest BCUT2D eigenvalue weighted by Gasteiger charge is -2.12. The van der Waals surface area contributed by atoms with Gasteiger partial charge >= 0.3 is 0 Å². The molecule has 0 heterocycles. The molecule has 0 saturated heterocycles. The molecule has 0 radical (unpaired) electrons. The van der Waals surface area contributed by atoms with Crippen molar-refractivity contribution in [2.75, 3.05) is 12.4 Å². The van der Waals surface area contributed by atoms with Crippen LogP contribution in [-0.4, -0.2) is 32.6 Å². The normalized spacial score (nSPS) is 14.1. The van der Waals surface area contributed by atoms with E-state index in [0.717, 1.165) is 12.8 Å². The Bertz CT molecular complexity index is 923. The second-order valence-corrected chi connectivity index (χ2v) is 7.76. The van der Waals surface area contributed by atoms with Gasteiger partial charge in [0.1, 0.15) is 10.6 Å². The molecule has 0 bridgehead atoms. The highest BCUT2D eigenvalue weighted by Crippen LogP contribution is 2.28. The fourth-order valence-corrected chi connectivity index (χ4v) is 3.96. The summed E-state index contributed by atoms with van der Waals surface area (Å²) in [6, 6.07) is 11.0. The molecule has 0 atom stereocenters. The van der Waals surface area contributed by atoms with Gasteiger partial charge in [0, 0.05) is 17.3 Å². The SMILES string of the molecule is COc1ccc(C(=O)Nc2cccc(CO)c2)cc1S(=O)(=O)NC1CC1. The number of ether oxygens (including phenoxy) is 1. The van der Waals surface area contributed by atoms with Crippen LogP contribution in [0.25, 0.3) is 0 Å². The molecule has 8 heteroatoms. The number of anilines is 1. The molecule has 1 fully saturated rings. The minimum atomic E-state index is -3.77. The molecule has 7 nitrogen and oxygen atoms in total. The molecular formula is C18H20N2O5S.